The van der Waals surface area contributed by atoms with Gasteiger partial charge in [-0.15, -0.1) is 0 Å². The highest BCUT2D eigenvalue weighted by atomic mass is 35.5. The van der Waals surface area contributed by atoms with Crippen LogP contribution in [0, 0.1) is 0 Å². The number of benzene rings is 3. The van der Waals surface area contributed by atoms with Gasteiger partial charge in [0, 0.05) is 31.6 Å². The molecule has 1 atom stereocenters. The van der Waals surface area contributed by atoms with Gasteiger partial charge < -0.3 is 24.8 Å². The minimum absolute atomic E-state index is 0.137. The molecule has 0 saturated carbocycles. The lowest BCUT2D eigenvalue weighted by atomic mass is 10.0. The van der Waals surface area contributed by atoms with Gasteiger partial charge >= 0.3 is 0 Å². The summed E-state index contributed by atoms with van der Waals surface area (Å²) < 4.78 is 12.0. The van der Waals surface area contributed by atoms with E-state index in [1.807, 2.05) is 72.8 Å². The van der Waals surface area contributed by atoms with Crippen molar-refractivity contribution in [3.63, 3.8) is 0 Å². The number of anilines is 1. The fourth-order valence-corrected chi connectivity index (χ4v) is 4.33. The Morgan fingerprint density at radius 1 is 1.06 bits per heavy atom. The molecule has 7 heteroatoms. The molecule has 6 nitrogen and oxygen atoms in total. The number of carbonyl (C=O) groups is 1. The first kappa shape index (κ1) is 25.0. The van der Waals surface area contributed by atoms with Crippen LogP contribution in [0.2, 0.25) is 5.02 Å². The molecule has 1 fully saturated rings. The number of amides is 1. The van der Waals surface area contributed by atoms with Crippen LogP contribution in [0.3, 0.4) is 0 Å². The average molecular weight is 495 g/mol. The normalized spacial score (nSPS) is 15.4. The number of carbonyl (C=O) groups excluding carboxylic acids is 1. The molecule has 0 bridgehead atoms. The Kier molecular flexibility index (Phi) is 8.64. The van der Waals surface area contributed by atoms with Gasteiger partial charge in [0.1, 0.15) is 30.3 Å². The molecule has 35 heavy (non-hydrogen) atoms. The monoisotopic (exact) mass is 494 g/mol. The SMILES string of the molecule is CC(=O)Nc1cc(-c2ccccc2)ccc1OCC(O)CN1CCC(Oc2ccc(Cl)cc2)CC1. The van der Waals surface area contributed by atoms with Gasteiger partial charge in [-0.1, -0.05) is 48.0 Å². The number of nitrogens with zero attached hydrogens (tertiary/aromatic N) is 1. The van der Waals surface area contributed by atoms with Gasteiger partial charge in [0.2, 0.25) is 5.91 Å². The first-order valence-electron chi connectivity index (χ1n) is 11.9. The first-order chi connectivity index (χ1) is 17.0. The third-order valence-corrected chi connectivity index (χ3v) is 6.20. The van der Waals surface area contributed by atoms with Gasteiger partial charge in [-0.25, -0.2) is 0 Å². The summed E-state index contributed by atoms with van der Waals surface area (Å²) in [5.41, 5.74) is 2.62. The Morgan fingerprint density at radius 2 is 1.77 bits per heavy atom. The van der Waals surface area contributed by atoms with Gasteiger partial charge in [-0.05, 0) is 60.4 Å². The lowest BCUT2D eigenvalue weighted by molar-refractivity contribution is -0.114. The summed E-state index contributed by atoms with van der Waals surface area (Å²) >= 11 is 5.94. The standard InChI is InChI=1S/C28H31ClN2O4/c1-20(32)30-27-17-22(21-5-3-2-4-6-21)7-12-28(27)34-19-24(33)18-31-15-13-26(14-16-31)35-25-10-8-23(29)9-11-25/h2-12,17,24,26,33H,13-16,18-19H2,1H3,(H,30,32). The van der Waals surface area contributed by atoms with Crippen LogP contribution >= 0.6 is 11.6 Å². The molecular formula is C28H31ClN2O4. The van der Waals surface area contributed by atoms with Crippen molar-refractivity contribution in [2.75, 3.05) is 31.6 Å². The molecule has 1 aliphatic rings. The van der Waals surface area contributed by atoms with E-state index in [0.29, 0.717) is 23.0 Å². The number of likely N-dealkylation sites (tertiary alicyclic amines) is 1. The summed E-state index contributed by atoms with van der Waals surface area (Å²) in [7, 11) is 0. The molecule has 1 amide bonds. The molecule has 3 aromatic rings. The molecule has 184 valence electrons. The molecule has 0 aliphatic carbocycles. The number of aliphatic hydroxyl groups excluding tert-OH is 1. The van der Waals surface area contributed by atoms with Crippen molar-refractivity contribution in [2.24, 2.45) is 0 Å². The highest BCUT2D eigenvalue weighted by molar-refractivity contribution is 6.30. The lowest BCUT2D eigenvalue weighted by Gasteiger charge is -2.33. The number of nitrogens with one attached hydrogen (secondary N) is 1. The topological polar surface area (TPSA) is 71.0 Å². The summed E-state index contributed by atoms with van der Waals surface area (Å²) in [6, 6.07) is 23.0. The zero-order valence-corrected chi connectivity index (χ0v) is 20.6. The maximum atomic E-state index is 11.7. The van der Waals surface area contributed by atoms with Crippen molar-refractivity contribution in [1.29, 1.82) is 0 Å². The fraction of sp³-hybridized carbons (Fsp3) is 0.321. The van der Waals surface area contributed by atoms with Crippen molar-refractivity contribution in [3.8, 4) is 22.6 Å². The third-order valence-electron chi connectivity index (χ3n) is 5.95. The van der Waals surface area contributed by atoms with Crippen molar-refractivity contribution in [3.05, 3.63) is 77.8 Å². The maximum Gasteiger partial charge on any atom is 0.221 e. The second kappa shape index (κ2) is 12.1. The Labute approximate surface area is 211 Å². The Bertz CT molecular complexity index is 1100. The van der Waals surface area contributed by atoms with Crippen LogP contribution < -0.4 is 14.8 Å². The zero-order chi connectivity index (χ0) is 24.6. The van der Waals surface area contributed by atoms with Gasteiger partial charge in [0.25, 0.3) is 0 Å². The van der Waals surface area contributed by atoms with Crippen LogP contribution in [0.15, 0.2) is 72.8 Å². The Balaban J connectivity index is 1.27. The van der Waals surface area contributed by atoms with Crippen LogP contribution in [-0.4, -0.2) is 54.4 Å². The number of hydrogen-bond donors (Lipinski definition) is 2. The lowest BCUT2D eigenvalue weighted by Crippen LogP contribution is -2.43. The minimum atomic E-state index is -0.650. The molecule has 0 aromatic heterocycles. The van der Waals surface area contributed by atoms with E-state index in [9.17, 15) is 9.90 Å². The fourth-order valence-electron chi connectivity index (χ4n) is 4.21. The van der Waals surface area contributed by atoms with Crippen LogP contribution in [-0.2, 0) is 4.79 Å². The number of hydrogen-bond acceptors (Lipinski definition) is 5. The van der Waals surface area contributed by atoms with Crippen molar-refractivity contribution >= 4 is 23.2 Å². The molecule has 1 saturated heterocycles. The van der Waals surface area contributed by atoms with Gasteiger partial charge in [0.05, 0.1) is 5.69 Å². The molecule has 0 spiro atoms. The smallest absolute Gasteiger partial charge is 0.221 e. The van der Waals surface area contributed by atoms with Crippen molar-refractivity contribution in [2.45, 2.75) is 32.0 Å². The highest BCUT2D eigenvalue weighted by Gasteiger charge is 2.22. The van der Waals surface area contributed by atoms with Gasteiger partial charge in [0.15, 0.2) is 0 Å². The van der Waals surface area contributed by atoms with Crippen LogP contribution in [0.25, 0.3) is 11.1 Å². The van der Waals surface area contributed by atoms with Crippen LogP contribution in [0.1, 0.15) is 19.8 Å². The molecule has 3 aromatic carbocycles. The van der Waals surface area contributed by atoms with Crippen LogP contribution in [0.4, 0.5) is 5.69 Å². The van der Waals surface area contributed by atoms with E-state index in [-0.39, 0.29) is 18.6 Å². The van der Waals surface area contributed by atoms with E-state index >= 15 is 0 Å². The van der Waals surface area contributed by atoms with Gasteiger partial charge in [-0.3, -0.25) is 4.79 Å². The molecule has 1 aliphatic heterocycles. The second-order valence-corrected chi connectivity index (χ2v) is 9.23. The second-order valence-electron chi connectivity index (χ2n) is 8.79. The summed E-state index contributed by atoms with van der Waals surface area (Å²) in [5.74, 6) is 1.19. The predicted octanol–water partition coefficient (Wildman–Crippen LogP) is 5.25. The quantitative estimate of drug-likeness (QED) is 0.425. The maximum absolute atomic E-state index is 11.7. The molecule has 1 heterocycles. The van der Waals surface area contributed by atoms with E-state index in [1.165, 1.54) is 6.92 Å². The highest BCUT2D eigenvalue weighted by Crippen LogP contribution is 2.31. The Hall–Kier alpha value is -3.06. The number of aliphatic hydroxyl groups is 1. The van der Waals surface area contributed by atoms with E-state index < -0.39 is 6.10 Å². The van der Waals surface area contributed by atoms with Crippen molar-refractivity contribution < 1.29 is 19.4 Å². The van der Waals surface area contributed by atoms with E-state index in [1.54, 1.807) is 0 Å². The number of rotatable bonds is 9. The van der Waals surface area contributed by atoms with Crippen molar-refractivity contribution in [1.82, 2.24) is 4.90 Å². The number of piperidine rings is 1. The summed E-state index contributed by atoms with van der Waals surface area (Å²) in [6.07, 6.45) is 1.29. The molecule has 0 radical (unpaired) electrons. The third kappa shape index (κ3) is 7.46. The van der Waals surface area contributed by atoms with E-state index in [0.717, 1.165) is 42.8 Å². The number of β-amino-alcohol motifs (C(OH)–C–C–N with tert-alkyl or cyclic N) is 1. The van der Waals surface area contributed by atoms with Crippen LogP contribution in [0.5, 0.6) is 11.5 Å². The summed E-state index contributed by atoms with van der Waals surface area (Å²) in [4.78, 5) is 14.0. The molecule has 1 unspecified atom stereocenters. The average Bonchev–Trinajstić information content (AvgIpc) is 2.86. The van der Waals surface area contributed by atoms with E-state index in [2.05, 4.69) is 10.2 Å². The molecular weight excluding hydrogens is 464 g/mol. The zero-order valence-electron chi connectivity index (χ0n) is 19.8. The largest absolute Gasteiger partial charge is 0.490 e. The number of ether oxygens (including phenoxy) is 2. The Morgan fingerprint density at radius 3 is 2.46 bits per heavy atom. The molecule has 2 N–H and O–H groups in total. The molecule has 4 rings (SSSR count). The predicted molar refractivity (Wildman–Crippen MR) is 139 cm³/mol. The van der Waals surface area contributed by atoms with Gasteiger partial charge in [-0.2, -0.15) is 0 Å². The first-order valence-corrected chi connectivity index (χ1v) is 12.3. The van der Waals surface area contributed by atoms with E-state index in [4.69, 9.17) is 21.1 Å². The summed E-state index contributed by atoms with van der Waals surface area (Å²) in [5, 5.41) is 14.1. The number of halogens is 1. The minimum Gasteiger partial charge on any atom is -0.490 e. The summed E-state index contributed by atoms with van der Waals surface area (Å²) in [6.45, 7) is 3.81.